The molecule has 2 fully saturated rings. The molecule has 9 nitrogen and oxygen atoms in total. The molecule has 2 aliphatic rings. The molecule has 3 rings (SSSR count). The molecule has 11 heteroatoms. The van der Waals surface area contributed by atoms with E-state index in [1.807, 2.05) is 0 Å². The zero-order chi connectivity index (χ0) is 23.5. The number of hydrogen-bond acceptors (Lipinski definition) is 6. The van der Waals surface area contributed by atoms with Gasteiger partial charge in [-0.15, -0.1) is 0 Å². The first-order valence-electron chi connectivity index (χ1n) is 10.4. The molecule has 0 radical (unpaired) electrons. The molecule has 0 atom stereocenters. The van der Waals surface area contributed by atoms with Gasteiger partial charge in [0.15, 0.2) is 11.5 Å². The molecule has 1 saturated carbocycles. The van der Waals surface area contributed by atoms with Crippen molar-refractivity contribution in [2.24, 2.45) is 5.92 Å². The molecular formula is C21H28F2N4O5. The lowest BCUT2D eigenvalue weighted by Gasteiger charge is -2.33. The Hall–Kier alpha value is -2.95. The fourth-order valence-electron chi connectivity index (χ4n) is 4.10. The average Bonchev–Trinajstić information content (AvgIpc) is 2.94. The number of methoxy groups -OCH3 is 1. The summed E-state index contributed by atoms with van der Waals surface area (Å²) < 4.78 is 34.7. The van der Waals surface area contributed by atoms with Gasteiger partial charge in [0.25, 0.3) is 11.8 Å². The molecule has 0 unspecified atom stereocenters. The number of halogens is 2. The van der Waals surface area contributed by atoms with E-state index < -0.39 is 30.0 Å². The molecule has 1 aromatic rings. The van der Waals surface area contributed by atoms with Gasteiger partial charge in [-0.25, -0.2) is 4.79 Å². The number of nitrogens with zero attached hydrogens (tertiary/aromatic N) is 2. The Balaban J connectivity index is 1.57. The van der Waals surface area contributed by atoms with Crippen molar-refractivity contribution in [3.05, 3.63) is 23.8 Å². The molecule has 1 spiro atoms. The van der Waals surface area contributed by atoms with Crippen LogP contribution >= 0.6 is 0 Å². The van der Waals surface area contributed by atoms with Crippen molar-refractivity contribution in [3.8, 4) is 11.5 Å². The van der Waals surface area contributed by atoms with Crippen molar-refractivity contribution < 1.29 is 32.6 Å². The maximum atomic E-state index is 12.8. The van der Waals surface area contributed by atoms with Crippen LogP contribution in [-0.2, 0) is 16.1 Å². The van der Waals surface area contributed by atoms with Crippen LogP contribution in [0.15, 0.2) is 18.2 Å². The van der Waals surface area contributed by atoms with Crippen LogP contribution in [0.5, 0.6) is 11.5 Å². The van der Waals surface area contributed by atoms with Gasteiger partial charge in [-0.05, 0) is 56.3 Å². The molecule has 0 aromatic heterocycles. The van der Waals surface area contributed by atoms with E-state index in [4.69, 9.17) is 4.74 Å². The monoisotopic (exact) mass is 454 g/mol. The van der Waals surface area contributed by atoms with Crippen LogP contribution in [0.3, 0.4) is 0 Å². The number of likely N-dealkylation sites (N-methyl/N-ethyl adjacent to an activating group) is 1. The van der Waals surface area contributed by atoms with Gasteiger partial charge in [-0.3, -0.25) is 19.9 Å². The smallest absolute Gasteiger partial charge is 0.387 e. The number of alkyl halides is 2. The molecule has 1 aliphatic carbocycles. The fourth-order valence-corrected chi connectivity index (χ4v) is 4.10. The number of urea groups is 1. The van der Waals surface area contributed by atoms with Crippen LogP contribution < -0.4 is 20.2 Å². The predicted octanol–water partition coefficient (Wildman–Crippen LogP) is 2.26. The van der Waals surface area contributed by atoms with Crippen molar-refractivity contribution in [1.82, 2.24) is 20.7 Å². The second-order valence-corrected chi connectivity index (χ2v) is 8.41. The third kappa shape index (κ3) is 5.26. The molecule has 0 bridgehead atoms. The first kappa shape index (κ1) is 23.7. The Labute approximate surface area is 185 Å². The summed E-state index contributed by atoms with van der Waals surface area (Å²) in [7, 11) is 2.99. The zero-order valence-electron chi connectivity index (χ0n) is 18.3. The minimum atomic E-state index is -3.00. The summed E-state index contributed by atoms with van der Waals surface area (Å²) in [4.78, 5) is 39.2. The number of nitrogens with one attached hydrogen (secondary N) is 2. The molecule has 1 aromatic carbocycles. The van der Waals surface area contributed by atoms with E-state index in [2.05, 4.69) is 22.4 Å². The van der Waals surface area contributed by atoms with E-state index in [-0.39, 0.29) is 24.6 Å². The highest BCUT2D eigenvalue weighted by Gasteiger charge is 2.52. The summed E-state index contributed by atoms with van der Waals surface area (Å²) in [6, 6.07) is 3.93. The van der Waals surface area contributed by atoms with Crippen molar-refractivity contribution in [1.29, 1.82) is 0 Å². The average molecular weight is 454 g/mol. The Morgan fingerprint density at radius 3 is 2.62 bits per heavy atom. The summed E-state index contributed by atoms with van der Waals surface area (Å²) in [6.45, 7) is -0.783. The Bertz CT molecular complexity index is 874. The van der Waals surface area contributed by atoms with E-state index in [9.17, 15) is 23.2 Å². The van der Waals surface area contributed by atoms with E-state index in [1.54, 1.807) is 18.0 Å². The number of hydrogen-bond donors (Lipinski definition) is 2. The van der Waals surface area contributed by atoms with Crippen LogP contribution in [0.2, 0.25) is 0 Å². The van der Waals surface area contributed by atoms with Gasteiger partial charge in [-0.2, -0.15) is 13.8 Å². The third-order valence-corrected chi connectivity index (χ3v) is 5.84. The number of carbonyl (C=O) groups is 3. The minimum Gasteiger partial charge on any atom is -0.493 e. The highest BCUT2D eigenvalue weighted by atomic mass is 19.3. The molecule has 4 amide bonds. The van der Waals surface area contributed by atoms with E-state index in [1.165, 1.54) is 19.2 Å². The van der Waals surface area contributed by atoms with Crippen molar-refractivity contribution >= 4 is 17.8 Å². The highest BCUT2D eigenvalue weighted by molar-refractivity contribution is 6.08. The van der Waals surface area contributed by atoms with Crippen molar-refractivity contribution in [2.75, 3.05) is 20.7 Å². The number of rotatable bonds is 8. The maximum absolute atomic E-state index is 12.8. The van der Waals surface area contributed by atoms with Gasteiger partial charge in [0, 0.05) is 6.54 Å². The number of ether oxygens (including phenoxy) is 2. The molecule has 1 aliphatic heterocycles. The molecule has 176 valence electrons. The number of hydrazine groups is 1. The fraction of sp³-hybridized carbons (Fsp3) is 0.571. The van der Waals surface area contributed by atoms with Crippen LogP contribution in [0.25, 0.3) is 0 Å². The summed E-state index contributed by atoms with van der Waals surface area (Å²) in [5, 5.41) is 3.50. The topological polar surface area (TPSA) is 100 Å². The second kappa shape index (κ2) is 9.68. The Morgan fingerprint density at radius 1 is 1.31 bits per heavy atom. The van der Waals surface area contributed by atoms with Crippen LogP contribution in [-0.4, -0.2) is 60.6 Å². The zero-order valence-corrected chi connectivity index (χ0v) is 18.3. The summed E-state index contributed by atoms with van der Waals surface area (Å²) >= 11 is 0. The number of benzene rings is 1. The minimum absolute atomic E-state index is 0.107. The molecule has 1 saturated heterocycles. The first-order valence-corrected chi connectivity index (χ1v) is 10.4. The molecule has 32 heavy (non-hydrogen) atoms. The lowest BCUT2D eigenvalue weighted by atomic mass is 9.77. The standard InChI is InChI=1S/C21H28F2N4O5/c1-13-6-8-21(9-7-13)18(29)27(20(30)24-21)25-17(28)12-26(2)11-14-4-5-15(31-3)16(10-14)32-19(22)23/h4-5,10,13,19H,6-9,11-12H2,1-3H3,(H,24,30)(H,25,28). The van der Waals surface area contributed by atoms with E-state index >= 15 is 0 Å². The lowest BCUT2D eigenvalue weighted by molar-refractivity contribution is -0.140. The van der Waals surface area contributed by atoms with Gasteiger partial charge in [0.05, 0.1) is 13.7 Å². The van der Waals surface area contributed by atoms with Gasteiger partial charge in [0.2, 0.25) is 0 Å². The van der Waals surface area contributed by atoms with Gasteiger partial charge >= 0.3 is 12.6 Å². The van der Waals surface area contributed by atoms with Crippen molar-refractivity contribution in [2.45, 2.75) is 51.3 Å². The maximum Gasteiger partial charge on any atom is 0.387 e. The van der Waals surface area contributed by atoms with Gasteiger partial charge in [0.1, 0.15) is 5.54 Å². The Kier molecular flexibility index (Phi) is 7.17. The largest absolute Gasteiger partial charge is 0.493 e. The van der Waals surface area contributed by atoms with Crippen LogP contribution in [0.1, 0.15) is 38.2 Å². The summed E-state index contributed by atoms with van der Waals surface area (Å²) in [5.74, 6) is -0.431. The second-order valence-electron chi connectivity index (χ2n) is 8.41. The SMILES string of the molecule is COc1ccc(CN(C)CC(=O)NN2C(=O)NC3(CCC(C)CC3)C2=O)cc1OC(F)F. The quantitative estimate of drug-likeness (QED) is 0.585. The van der Waals surface area contributed by atoms with Gasteiger partial charge in [-0.1, -0.05) is 13.0 Å². The van der Waals surface area contributed by atoms with Crippen LogP contribution in [0, 0.1) is 5.92 Å². The van der Waals surface area contributed by atoms with E-state index in [0.717, 1.165) is 17.9 Å². The summed E-state index contributed by atoms with van der Waals surface area (Å²) in [6.07, 6.45) is 2.75. The molecule has 2 N–H and O–H groups in total. The third-order valence-electron chi connectivity index (χ3n) is 5.84. The van der Waals surface area contributed by atoms with E-state index in [0.29, 0.717) is 24.3 Å². The normalized spacial score (nSPS) is 23.1. The first-order chi connectivity index (χ1) is 15.1. The highest BCUT2D eigenvalue weighted by Crippen LogP contribution is 2.35. The number of amides is 4. The molecular weight excluding hydrogens is 426 g/mol. The summed E-state index contributed by atoms with van der Waals surface area (Å²) in [5.41, 5.74) is 2.06. The van der Waals surface area contributed by atoms with Gasteiger partial charge < -0.3 is 14.8 Å². The molecule has 1 heterocycles. The lowest BCUT2D eigenvalue weighted by Crippen LogP contribution is -2.52. The number of carbonyl (C=O) groups excluding carboxylic acids is 3. The van der Waals surface area contributed by atoms with Crippen molar-refractivity contribution in [3.63, 3.8) is 0 Å². The number of imide groups is 1. The Morgan fingerprint density at radius 2 is 2.00 bits per heavy atom. The predicted molar refractivity (Wildman–Crippen MR) is 110 cm³/mol. The van der Waals surface area contributed by atoms with Crippen LogP contribution in [0.4, 0.5) is 13.6 Å².